The van der Waals surface area contributed by atoms with Gasteiger partial charge in [-0.1, -0.05) is 24.3 Å². The zero-order valence-corrected chi connectivity index (χ0v) is 24.9. The van der Waals surface area contributed by atoms with E-state index in [1.165, 1.54) is 49.1 Å². The number of nitrogens with zero attached hydrogens (tertiary/aromatic N) is 4. The SMILES string of the molecule is FC(F)(F)c1oc(-c2ccc(C(c3ccc(-c4nc(-c5ccncc5)c(C(F)(F)F)o4)cc3)(C(F)(F)F)C(F)(F)F)cc2)nc1-c1ccncc1. The smallest absolute Gasteiger partial charge is 0.431 e. The largest absolute Gasteiger partial charge is 0.451 e. The fourth-order valence-corrected chi connectivity index (χ4v) is 5.39. The standard InChI is InChI=1S/C33H16F12N4O2/c34-30(35,36)25-23(17-9-13-46-14-10-17)48-27(50-25)19-1-5-21(6-2-19)29(32(40,41)42,33(43,44)45)22-7-3-20(4-8-22)28-49-24(18-11-15-47-16-12-18)26(51-28)31(37,38)39/h1-16H. The summed E-state index contributed by atoms with van der Waals surface area (Å²) in [5.74, 6) is -4.61. The van der Waals surface area contributed by atoms with Gasteiger partial charge in [-0.05, 0) is 59.7 Å². The quantitative estimate of drug-likeness (QED) is 0.159. The zero-order valence-electron chi connectivity index (χ0n) is 24.9. The summed E-state index contributed by atoms with van der Waals surface area (Å²) < 4.78 is 181. The Morgan fingerprint density at radius 3 is 0.980 bits per heavy atom. The molecular weight excluding hydrogens is 712 g/mol. The van der Waals surface area contributed by atoms with Crippen LogP contribution in [0.25, 0.3) is 45.4 Å². The van der Waals surface area contributed by atoms with Crippen molar-refractivity contribution in [3.63, 3.8) is 0 Å². The molecule has 264 valence electrons. The summed E-state index contributed by atoms with van der Waals surface area (Å²) in [6, 6.07) is 9.14. The molecule has 0 unspecified atom stereocenters. The predicted molar refractivity (Wildman–Crippen MR) is 153 cm³/mol. The van der Waals surface area contributed by atoms with Gasteiger partial charge in [-0.25, -0.2) is 9.97 Å². The number of hydrogen-bond donors (Lipinski definition) is 0. The minimum absolute atomic E-state index is 0.0754. The Labute approximate surface area is 277 Å². The molecule has 0 amide bonds. The van der Waals surface area contributed by atoms with Crippen LogP contribution in [0.4, 0.5) is 52.7 Å². The van der Waals surface area contributed by atoms with Crippen LogP contribution in [0.1, 0.15) is 22.6 Å². The molecule has 2 aromatic carbocycles. The highest BCUT2D eigenvalue weighted by atomic mass is 19.4. The third-order valence-electron chi connectivity index (χ3n) is 7.66. The highest BCUT2D eigenvalue weighted by Crippen LogP contribution is 2.56. The predicted octanol–water partition coefficient (Wildman–Crippen LogP) is 10.6. The van der Waals surface area contributed by atoms with Crippen LogP contribution in [0.15, 0.2) is 106 Å². The van der Waals surface area contributed by atoms with Crippen LogP contribution in [0.5, 0.6) is 0 Å². The monoisotopic (exact) mass is 728 g/mol. The summed E-state index contributed by atoms with van der Waals surface area (Å²) in [7, 11) is 0. The number of pyridine rings is 2. The van der Waals surface area contributed by atoms with Crippen LogP contribution in [0.3, 0.4) is 0 Å². The van der Waals surface area contributed by atoms with Crippen LogP contribution in [-0.2, 0) is 17.8 Å². The van der Waals surface area contributed by atoms with Gasteiger partial charge in [0.15, 0.2) is 0 Å². The van der Waals surface area contributed by atoms with Gasteiger partial charge in [-0.3, -0.25) is 9.97 Å². The maximum atomic E-state index is 14.8. The Hall–Kier alpha value is -5.68. The fourth-order valence-electron chi connectivity index (χ4n) is 5.39. The summed E-state index contributed by atoms with van der Waals surface area (Å²) in [4.78, 5) is 15.0. The molecule has 0 bridgehead atoms. The number of aromatic nitrogens is 4. The molecule has 6 aromatic rings. The van der Waals surface area contributed by atoms with Crippen molar-refractivity contribution in [2.75, 3.05) is 0 Å². The van der Waals surface area contributed by atoms with E-state index >= 15 is 0 Å². The van der Waals surface area contributed by atoms with Crippen LogP contribution in [0.2, 0.25) is 0 Å². The van der Waals surface area contributed by atoms with Gasteiger partial charge in [0.05, 0.1) is 0 Å². The molecule has 0 saturated heterocycles. The Bertz CT molecular complexity index is 1980. The molecule has 0 aliphatic rings. The average molecular weight is 728 g/mol. The molecule has 0 N–H and O–H groups in total. The first-order valence-corrected chi connectivity index (χ1v) is 14.1. The molecule has 0 aliphatic carbocycles. The first kappa shape index (κ1) is 35.2. The van der Waals surface area contributed by atoms with Gasteiger partial charge < -0.3 is 8.83 Å². The van der Waals surface area contributed by atoms with Crippen LogP contribution < -0.4 is 0 Å². The van der Waals surface area contributed by atoms with Gasteiger partial charge in [0.1, 0.15) is 11.4 Å². The average Bonchev–Trinajstić information content (AvgIpc) is 3.72. The summed E-state index contributed by atoms with van der Waals surface area (Å²) in [6.45, 7) is 0. The van der Waals surface area contributed by atoms with Crippen LogP contribution >= 0.6 is 0 Å². The van der Waals surface area contributed by atoms with Crippen molar-refractivity contribution in [1.29, 1.82) is 0 Å². The number of halogens is 12. The third kappa shape index (κ3) is 6.29. The number of oxazole rings is 2. The minimum Gasteiger partial charge on any atom is -0.431 e. The van der Waals surface area contributed by atoms with E-state index in [4.69, 9.17) is 8.83 Å². The van der Waals surface area contributed by atoms with E-state index in [1.807, 2.05) is 0 Å². The summed E-state index contributed by atoms with van der Waals surface area (Å²) in [5.41, 5.74) is -9.78. The molecule has 0 saturated carbocycles. The number of benzene rings is 2. The highest BCUT2D eigenvalue weighted by Gasteiger charge is 2.72. The molecule has 51 heavy (non-hydrogen) atoms. The fraction of sp³-hybridized carbons (Fsp3) is 0.152. The van der Waals surface area contributed by atoms with E-state index in [2.05, 4.69) is 19.9 Å². The Morgan fingerprint density at radius 1 is 0.392 bits per heavy atom. The van der Waals surface area contributed by atoms with Gasteiger partial charge in [0, 0.05) is 47.0 Å². The maximum absolute atomic E-state index is 14.8. The lowest BCUT2D eigenvalue weighted by molar-refractivity contribution is -0.288. The van der Waals surface area contributed by atoms with Crippen molar-refractivity contribution in [2.45, 2.75) is 30.1 Å². The molecule has 4 heterocycles. The lowest BCUT2D eigenvalue weighted by Gasteiger charge is -2.38. The second kappa shape index (κ2) is 12.3. The van der Waals surface area contributed by atoms with E-state index in [9.17, 15) is 52.7 Å². The molecule has 6 rings (SSSR count). The molecule has 4 aromatic heterocycles. The molecule has 18 heteroatoms. The summed E-state index contributed by atoms with van der Waals surface area (Å²) in [6.07, 6.45) is -17.6. The van der Waals surface area contributed by atoms with Gasteiger partial charge in [0.2, 0.25) is 28.7 Å². The first-order chi connectivity index (χ1) is 23.8. The normalized spacial score (nSPS) is 13.1. The molecule has 0 aliphatic heterocycles. The van der Waals surface area contributed by atoms with Crippen LogP contribution in [-0.4, -0.2) is 32.3 Å². The highest BCUT2D eigenvalue weighted by molar-refractivity contribution is 5.68. The molecular formula is C33H16F12N4O2. The summed E-state index contributed by atoms with van der Waals surface area (Å²) in [5, 5.41) is 0. The summed E-state index contributed by atoms with van der Waals surface area (Å²) >= 11 is 0. The second-order valence-electron chi connectivity index (χ2n) is 10.8. The maximum Gasteiger partial charge on any atom is 0.451 e. The minimum atomic E-state index is -6.07. The lowest BCUT2D eigenvalue weighted by Crippen LogP contribution is -2.54. The van der Waals surface area contributed by atoms with E-state index in [1.54, 1.807) is 0 Å². The topological polar surface area (TPSA) is 77.8 Å². The van der Waals surface area contributed by atoms with Gasteiger partial charge >= 0.3 is 24.7 Å². The Balaban J connectivity index is 1.43. The van der Waals surface area contributed by atoms with E-state index < -0.39 is 75.9 Å². The van der Waals surface area contributed by atoms with Crippen molar-refractivity contribution < 1.29 is 61.5 Å². The Kier molecular flexibility index (Phi) is 8.46. The third-order valence-corrected chi connectivity index (χ3v) is 7.66. The van der Waals surface area contributed by atoms with Crippen molar-refractivity contribution in [1.82, 2.24) is 19.9 Å². The molecule has 0 spiro atoms. The van der Waals surface area contributed by atoms with Crippen molar-refractivity contribution >= 4 is 0 Å². The van der Waals surface area contributed by atoms with E-state index in [0.29, 0.717) is 48.5 Å². The second-order valence-corrected chi connectivity index (χ2v) is 10.8. The number of hydrogen-bond acceptors (Lipinski definition) is 6. The van der Waals surface area contributed by atoms with Gasteiger partial charge in [-0.2, -0.15) is 52.7 Å². The number of rotatable bonds is 6. The molecule has 0 atom stereocenters. The molecule has 0 fully saturated rings. The molecule has 0 radical (unpaired) electrons. The van der Waals surface area contributed by atoms with Crippen molar-refractivity contribution in [3.05, 3.63) is 120 Å². The van der Waals surface area contributed by atoms with Gasteiger partial charge in [0.25, 0.3) is 0 Å². The number of alkyl halides is 12. The van der Waals surface area contributed by atoms with E-state index in [-0.39, 0.29) is 22.3 Å². The van der Waals surface area contributed by atoms with Crippen LogP contribution in [0, 0.1) is 0 Å². The Morgan fingerprint density at radius 2 is 0.706 bits per heavy atom. The molecule has 6 nitrogen and oxygen atoms in total. The lowest BCUT2D eigenvalue weighted by atomic mass is 9.72. The van der Waals surface area contributed by atoms with E-state index in [0.717, 1.165) is 0 Å². The van der Waals surface area contributed by atoms with Gasteiger partial charge in [-0.15, -0.1) is 0 Å². The van der Waals surface area contributed by atoms with Crippen molar-refractivity contribution in [3.8, 4) is 45.4 Å². The zero-order chi connectivity index (χ0) is 37.0. The first-order valence-electron chi connectivity index (χ1n) is 14.1. The van der Waals surface area contributed by atoms with Crippen molar-refractivity contribution in [2.24, 2.45) is 0 Å².